The Bertz CT molecular complexity index is 380. The normalized spacial score (nSPS) is 23.6. The highest BCUT2D eigenvalue weighted by molar-refractivity contribution is 5.79. The Kier molecular flexibility index (Phi) is 3.74. The van der Waals surface area contributed by atoms with E-state index in [0.29, 0.717) is 12.5 Å². The lowest BCUT2D eigenvalue weighted by atomic mass is 9.96. The Hall–Kier alpha value is -1.42. The highest BCUT2D eigenvalue weighted by Crippen LogP contribution is 2.18. The van der Waals surface area contributed by atoms with E-state index in [1.807, 2.05) is 19.2 Å². The van der Waals surface area contributed by atoms with E-state index in [1.54, 1.807) is 17.3 Å². The first-order valence-electron chi connectivity index (χ1n) is 6.03. The van der Waals surface area contributed by atoms with Gasteiger partial charge in [0.1, 0.15) is 0 Å². The van der Waals surface area contributed by atoms with Crippen molar-refractivity contribution >= 4 is 5.91 Å². The van der Waals surface area contributed by atoms with Gasteiger partial charge in [-0.3, -0.25) is 9.78 Å². The third-order valence-corrected chi connectivity index (χ3v) is 3.35. The number of pyridine rings is 1. The molecule has 2 heterocycles. The Morgan fingerprint density at radius 2 is 2.41 bits per heavy atom. The number of nitrogens with zero attached hydrogens (tertiary/aromatic N) is 2. The molecule has 1 aliphatic rings. The average Bonchev–Trinajstić information content (AvgIpc) is 2.76. The first-order valence-corrected chi connectivity index (χ1v) is 6.03. The van der Waals surface area contributed by atoms with Gasteiger partial charge < -0.3 is 10.2 Å². The van der Waals surface area contributed by atoms with Gasteiger partial charge in [0.25, 0.3) is 0 Å². The van der Waals surface area contributed by atoms with Crippen LogP contribution in [0.25, 0.3) is 0 Å². The lowest BCUT2D eigenvalue weighted by Gasteiger charge is -2.22. The van der Waals surface area contributed by atoms with E-state index >= 15 is 0 Å². The summed E-state index contributed by atoms with van der Waals surface area (Å²) in [5.74, 6) is 0.780. The second-order valence-electron chi connectivity index (χ2n) is 4.80. The molecule has 4 heteroatoms. The van der Waals surface area contributed by atoms with Gasteiger partial charge in [-0.15, -0.1) is 0 Å². The number of hydrogen-bond acceptors (Lipinski definition) is 3. The molecule has 0 bridgehead atoms. The maximum absolute atomic E-state index is 12.2. The summed E-state index contributed by atoms with van der Waals surface area (Å²) >= 11 is 0. The summed E-state index contributed by atoms with van der Waals surface area (Å²) in [6, 6.07) is 3.89. The third-order valence-electron chi connectivity index (χ3n) is 3.35. The molecular formula is C13H19N3O. The average molecular weight is 233 g/mol. The Balaban J connectivity index is 1.96. The predicted molar refractivity (Wildman–Crippen MR) is 66.2 cm³/mol. The fourth-order valence-corrected chi connectivity index (χ4v) is 2.27. The van der Waals surface area contributed by atoms with Crippen molar-refractivity contribution in [1.29, 1.82) is 0 Å². The van der Waals surface area contributed by atoms with Crippen molar-refractivity contribution in [3.8, 4) is 0 Å². The lowest BCUT2D eigenvalue weighted by Crippen LogP contribution is -2.35. The molecule has 0 aliphatic carbocycles. The summed E-state index contributed by atoms with van der Waals surface area (Å²) in [4.78, 5) is 18.1. The van der Waals surface area contributed by atoms with Crippen LogP contribution in [0.5, 0.6) is 0 Å². The molecule has 92 valence electrons. The number of carbonyl (C=O) groups excluding carboxylic acids is 1. The van der Waals surface area contributed by atoms with Crippen molar-refractivity contribution in [2.75, 3.05) is 20.1 Å². The first-order chi connectivity index (χ1) is 8.18. The van der Waals surface area contributed by atoms with Crippen molar-refractivity contribution in [2.45, 2.75) is 13.5 Å². The quantitative estimate of drug-likeness (QED) is 0.843. The molecule has 1 amide bonds. The van der Waals surface area contributed by atoms with Gasteiger partial charge in [0.15, 0.2) is 0 Å². The molecule has 4 nitrogen and oxygen atoms in total. The number of nitrogens with one attached hydrogen (secondary N) is 1. The van der Waals surface area contributed by atoms with Gasteiger partial charge in [0.2, 0.25) is 5.91 Å². The minimum Gasteiger partial charge on any atom is -0.341 e. The van der Waals surface area contributed by atoms with Gasteiger partial charge in [-0.05, 0) is 24.1 Å². The molecule has 2 unspecified atom stereocenters. The smallest absolute Gasteiger partial charge is 0.227 e. The van der Waals surface area contributed by atoms with Crippen LogP contribution in [0.1, 0.15) is 12.5 Å². The number of hydrogen-bond donors (Lipinski definition) is 1. The maximum atomic E-state index is 12.2. The maximum Gasteiger partial charge on any atom is 0.227 e. The zero-order valence-electron chi connectivity index (χ0n) is 10.4. The SMILES string of the molecule is CC1CNCC1C(=O)N(C)Cc1cccnc1. The van der Waals surface area contributed by atoms with Gasteiger partial charge >= 0.3 is 0 Å². The fourth-order valence-electron chi connectivity index (χ4n) is 2.27. The predicted octanol–water partition coefficient (Wildman–Crippen LogP) is 0.895. The summed E-state index contributed by atoms with van der Waals surface area (Å²) in [7, 11) is 1.86. The summed E-state index contributed by atoms with van der Waals surface area (Å²) in [5, 5.41) is 3.26. The van der Waals surface area contributed by atoms with Crippen molar-refractivity contribution in [2.24, 2.45) is 11.8 Å². The molecule has 1 aromatic heterocycles. The minimum absolute atomic E-state index is 0.122. The second kappa shape index (κ2) is 5.27. The number of rotatable bonds is 3. The Morgan fingerprint density at radius 3 is 3.00 bits per heavy atom. The molecule has 17 heavy (non-hydrogen) atoms. The molecule has 2 rings (SSSR count). The number of amides is 1. The zero-order chi connectivity index (χ0) is 12.3. The van der Waals surface area contributed by atoms with Crippen LogP contribution < -0.4 is 5.32 Å². The van der Waals surface area contributed by atoms with Gasteiger partial charge in [0.05, 0.1) is 5.92 Å². The molecule has 0 aromatic carbocycles. The number of aromatic nitrogens is 1. The van der Waals surface area contributed by atoms with Crippen molar-refractivity contribution in [3.05, 3.63) is 30.1 Å². The zero-order valence-corrected chi connectivity index (χ0v) is 10.4. The van der Waals surface area contributed by atoms with E-state index in [0.717, 1.165) is 18.7 Å². The van der Waals surface area contributed by atoms with Crippen molar-refractivity contribution in [3.63, 3.8) is 0 Å². The Labute approximate surface area is 102 Å². The minimum atomic E-state index is 0.122. The Morgan fingerprint density at radius 1 is 1.59 bits per heavy atom. The molecule has 1 aromatic rings. The van der Waals surface area contributed by atoms with E-state index in [1.165, 1.54) is 0 Å². The molecule has 1 fully saturated rings. The van der Waals surface area contributed by atoms with Gasteiger partial charge in [0, 0.05) is 32.5 Å². The van der Waals surface area contributed by atoms with Crippen LogP contribution in [-0.2, 0) is 11.3 Å². The number of carbonyl (C=O) groups is 1. The molecule has 1 aliphatic heterocycles. The fraction of sp³-hybridized carbons (Fsp3) is 0.538. The van der Waals surface area contributed by atoms with E-state index in [2.05, 4.69) is 17.2 Å². The van der Waals surface area contributed by atoms with Crippen LogP contribution in [0.2, 0.25) is 0 Å². The summed E-state index contributed by atoms with van der Waals surface area (Å²) in [6.45, 7) is 4.50. The van der Waals surface area contributed by atoms with Crippen LogP contribution >= 0.6 is 0 Å². The van der Waals surface area contributed by atoms with Crippen LogP contribution in [0.4, 0.5) is 0 Å². The third kappa shape index (κ3) is 2.82. The lowest BCUT2D eigenvalue weighted by molar-refractivity contribution is -0.135. The van der Waals surface area contributed by atoms with Gasteiger partial charge in [-0.2, -0.15) is 0 Å². The van der Waals surface area contributed by atoms with Crippen LogP contribution in [0.15, 0.2) is 24.5 Å². The van der Waals surface area contributed by atoms with E-state index in [9.17, 15) is 4.79 Å². The molecule has 2 atom stereocenters. The van der Waals surface area contributed by atoms with Gasteiger partial charge in [-0.1, -0.05) is 13.0 Å². The van der Waals surface area contributed by atoms with Crippen LogP contribution in [0.3, 0.4) is 0 Å². The van der Waals surface area contributed by atoms with Crippen LogP contribution in [0, 0.1) is 11.8 Å². The van der Waals surface area contributed by atoms with E-state index in [4.69, 9.17) is 0 Å². The molecule has 1 saturated heterocycles. The van der Waals surface area contributed by atoms with Crippen molar-refractivity contribution < 1.29 is 4.79 Å². The topological polar surface area (TPSA) is 45.2 Å². The van der Waals surface area contributed by atoms with Crippen LogP contribution in [-0.4, -0.2) is 35.9 Å². The first kappa shape index (κ1) is 12.0. The molecular weight excluding hydrogens is 214 g/mol. The summed E-state index contributed by atoms with van der Waals surface area (Å²) in [6.07, 6.45) is 3.55. The van der Waals surface area contributed by atoms with E-state index < -0.39 is 0 Å². The van der Waals surface area contributed by atoms with Gasteiger partial charge in [-0.25, -0.2) is 0 Å². The molecule has 1 N–H and O–H groups in total. The second-order valence-corrected chi connectivity index (χ2v) is 4.80. The molecule has 0 spiro atoms. The van der Waals surface area contributed by atoms with E-state index in [-0.39, 0.29) is 11.8 Å². The molecule has 0 radical (unpaired) electrons. The highest BCUT2D eigenvalue weighted by atomic mass is 16.2. The monoisotopic (exact) mass is 233 g/mol. The standard InChI is InChI=1S/C13H19N3O/c1-10-6-15-8-12(10)13(17)16(2)9-11-4-3-5-14-7-11/h3-5,7,10,12,15H,6,8-9H2,1-2H3. The summed E-state index contributed by atoms with van der Waals surface area (Å²) in [5.41, 5.74) is 1.07. The largest absolute Gasteiger partial charge is 0.341 e. The summed E-state index contributed by atoms with van der Waals surface area (Å²) < 4.78 is 0. The highest BCUT2D eigenvalue weighted by Gasteiger charge is 2.31. The van der Waals surface area contributed by atoms with Crippen molar-refractivity contribution in [1.82, 2.24) is 15.2 Å². The molecule has 0 saturated carbocycles.